The lowest BCUT2D eigenvalue weighted by molar-refractivity contribution is -0.387. The second kappa shape index (κ2) is 9.42. The van der Waals surface area contributed by atoms with E-state index in [2.05, 4.69) is 15.1 Å². The Kier molecular flexibility index (Phi) is 6.02. The monoisotopic (exact) mass is 536 g/mol. The van der Waals surface area contributed by atoms with E-state index in [1.165, 1.54) is 12.1 Å². The maximum atomic E-state index is 14.0. The van der Waals surface area contributed by atoms with Crippen LogP contribution in [-0.4, -0.2) is 89.7 Å². The Hall–Kier alpha value is -4.39. The van der Waals surface area contributed by atoms with Gasteiger partial charge < -0.3 is 9.80 Å². The summed E-state index contributed by atoms with van der Waals surface area (Å²) < 4.78 is 14.0. The number of nitrogens with one attached hydrogen (secondary N) is 1. The lowest BCUT2D eigenvalue weighted by atomic mass is 10.0. The molecule has 1 unspecified atom stereocenters. The summed E-state index contributed by atoms with van der Waals surface area (Å²) in [5.74, 6) is -2.94. The fraction of sp³-hybridized carbons (Fsp3) is 0.385. The number of carbonyl (C=O) groups excluding carboxylic acids is 4. The molecule has 12 nitrogen and oxygen atoms in total. The van der Waals surface area contributed by atoms with E-state index < -0.39 is 46.1 Å². The van der Waals surface area contributed by atoms with Crippen LogP contribution in [0.3, 0.4) is 0 Å². The lowest BCUT2D eigenvalue weighted by Gasteiger charge is -2.49. The zero-order chi connectivity index (χ0) is 27.4. The molecule has 6 rings (SSSR count). The van der Waals surface area contributed by atoms with E-state index in [1.807, 2.05) is 4.90 Å². The molecule has 13 heteroatoms. The number of nitrogens with zero attached hydrogens (tertiary/aromatic N) is 5. The zero-order valence-corrected chi connectivity index (χ0v) is 20.8. The topological polar surface area (TPSA) is 136 Å². The van der Waals surface area contributed by atoms with Gasteiger partial charge in [-0.05, 0) is 30.7 Å². The first-order chi connectivity index (χ1) is 18.7. The minimum atomic E-state index is -0.992. The number of piperazine rings is 1. The second-order valence-corrected chi connectivity index (χ2v) is 10.2. The van der Waals surface area contributed by atoms with E-state index >= 15 is 0 Å². The smallest absolute Gasteiger partial charge is 0.304 e. The molecule has 1 atom stereocenters. The lowest BCUT2D eigenvalue weighted by Crippen LogP contribution is -2.63. The highest BCUT2D eigenvalue weighted by Crippen LogP contribution is 2.33. The summed E-state index contributed by atoms with van der Waals surface area (Å²) in [5, 5.41) is 13.1. The van der Waals surface area contributed by atoms with Gasteiger partial charge in [-0.1, -0.05) is 0 Å². The van der Waals surface area contributed by atoms with Gasteiger partial charge >= 0.3 is 5.69 Å². The molecule has 2 aromatic carbocycles. The first kappa shape index (κ1) is 24.9. The van der Waals surface area contributed by atoms with Gasteiger partial charge in [-0.3, -0.25) is 44.4 Å². The Morgan fingerprint density at radius 3 is 2.21 bits per heavy atom. The number of carbonyl (C=O) groups is 4. The van der Waals surface area contributed by atoms with E-state index in [1.54, 1.807) is 24.3 Å². The third kappa shape index (κ3) is 4.28. The Labute approximate surface area is 222 Å². The quantitative estimate of drug-likeness (QED) is 0.339. The molecule has 4 aliphatic rings. The van der Waals surface area contributed by atoms with E-state index in [4.69, 9.17) is 0 Å². The SMILES string of the molecule is O=C1CCC(N2C(=O)c3ccc(N4CC(N5CCN(c6ccc([N+](=O)[O-])c(F)c6)CC5)C4)cc3C2=O)C(=O)N1. The molecule has 2 aromatic rings. The zero-order valence-electron chi connectivity index (χ0n) is 20.8. The Balaban J connectivity index is 1.06. The summed E-state index contributed by atoms with van der Waals surface area (Å²) in [7, 11) is 0. The summed E-state index contributed by atoms with van der Waals surface area (Å²) >= 11 is 0. The van der Waals surface area contributed by atoms with Crippen LogP contribution >= 0.6 is 0 Å². The highest BCUT2D eigenvalue weighted by Gasteiger charge is 2.45. The summed E-state index contributed by atoms with van der Waals surface area (Å²) in [4.78, 5) is 67.3. The number of hydrogen-bond donors (Lipinski definition) is 1. The summed E-state index contributed by atoms with van der Waals surface area (Å²) in [6.45, 7) is 4.33. The fourth-order valence-corrected chi connectivity index (χ4v) is 5.74. The average molecular weight is 537 g/mol. The van der Waals surface area contributed by atoms with Crippen LogP contribution in [0.5, 0.6) is 0 Å². The van der Waals surface area contributed by atoms with Crippen molar-refractivity contribution in [3.05, 3.63) is 63.5 Å². The Bertz CT molecular complexity index is 1420. The highest BCUT2D eigenvalue weighted by atomic mass is 19.1. The number of hydrogen-bond acceptors (Lipinski definition) is 9. The number of rotatable bonds is 5. The first-order valence-corrected chi connectivity index (χ1v) is 12.7. The molecule has 1 N–H and O–H groups in total. The largest absolute Gasteiger partial charge is 0.369 e. The molecule has 4 amide bonds. The van der Waals surface area contributed by atoms with Crippen LogP contribution in [0.1, 0.15) is 33.6 Å². The van der Waals surface area contributed by atoms with Crippen molar-refractivity contribution in [1.82, 2.24) is 15.1 Å². The molecular weight excluding hydrogens is 511 g/mol. The van der Waals surface area contributed by atoms with Crippen molar-refractivity contribution in [2.45, 2.75) is 24.9 Å². The van der Waals surface area contributed by atoms with Crippen LogP contribution in [0.2, 0.25) is 0 Å². The van der Waals surface area contributed by atoms with Gasteiger partial charge in [0.1, 0.15) is 6.04 Å². The van der Waals surface area contributed by atoms with E-state index in [9.17, 15) is 33.7 Å². The normalized spacial score (nSPS) is 22.2. The van der Waals surface area contributed by atoms with E-state index in [0.29, 0.717) is 24.8 Å². The third-order valence-corrected chi connectivity index (χ3v) is 7.97. The van der Waals surface area contributed by atoms with Gasteiger partial charge in [0.05, 0.1) is 16.1 Å². The van der Waals surface area contributed by atoms with Crippen LogP contribution in [0.15, 0.2) is 36.4 Å². The molecular formula is C26H25FN6O6. The van der Waals surface area contributed by atoms with Gasteiger partial charge in [0.15, 0.2) is 0 Å². The van der Waals surface area contributed by atoms with Crippen molar-refractivity contribution in [2.24, 2.45) is 0 Å². The number of anilines is 2. The number of amides is 4. The van der Waals surface area contributed by atoms with Gasteiger partial charge in [0, 0.05) is 75.2 Å². The molecule has 4 heterocycles. The predicted molar refractivity (Wildman–Crippen MR) is 136 cm³/mol. The van der Waals surface area contributed by atoms with Crippen molar-refractivity contribution in [2.75, 3.05) is 49.1 Å². The number of benzene rings is 2. The molecule has 0 radical (unpaired) electrons. The van der Waals surface area contributed by atoms with Crippen molar-refractivity contribution in [1.29, 1.82) is 0 Å². The maximum Gasteiger partial charge on any atom is 0.304 e. The van der Waals surface area contributed by atoms with E-state index in [-0.39, 0.29) is 24.0 Å². The van der Waals surface area contributed by atoms with Crippen LogP contribution < -0.4 is 15.1 Å². The third-order valence-electron chi connectivity index (χ3n) is 7.97. The van der Waals surface area contributed by atoms with Crippen molar-refractivity contribution >= 4 is 40.7 Å². The van der Waals surface area contributed by atoms with Crippen LogP contribution in [0.4, 0.5) is 21.5 Å². The molecule has 0 bridgehead atoms. The van der Waals surface area contributed by atoms with Gasteiger partial charge in [-0.15, -0.1) is 0 Å². The van der Waals surface area contributed by atoms with Crippen molar-refractivity contribution in [3.63, 3.8) is 0 Å². The standard InChI is InChI=1S/C26H25FN6O6/c27-20-12-16(2-4-21(20)33(38)39)29-7-9-30(10-8-29)17-13-31(14-17)15-1-3-18-19(11-15)26(37)32(25(18)36)22-5-6-23(34)28-24(22)35/h1-4,11-12,17,22H,5-10,13-14H2,(H,28,34,35). The minimum absolute atomic E-state index is 0.0727. The van der Waals surface area contributed by atoms with Crippen LogP contribution in [-0.2, 0) is 9.59 Å². The first-order valence-electron chi connectivity index (χ1n) is 12.7. The second-order valence-electron chi connectivity index (χ2n) is 10.2. The number of piperidine rings is 1. The molecule has 0 spiro atoms. The Morgan fingerprint density at radius 2 is 1.54 bits per heavy atom. The summed E-state index contributed by atoms with van der Waals surface area (Å²) in [6, 6.07) is 8.39. The van der Waals surface area contributed by atoms with Crippen LogP contribution in [0.25, 0.3) is 0 Å². The molecule has 202 valence electrons. The number of nitro benzene ring substituents is 1. The maximum absolute atomic E-state index is 14.0. The molecule has 3 fully saturated rings. The van der Waals surface area contributed by atoms with Gasteiger partial charge in [0.2, 0.25) is 17.6 Å². The minimum Gasteiger partial charge on any atom is -0.369 e. The average Bonchev–Trinajstić information content (AvgIpc) is 3.13. The summed E-state index contributed by atoms with van der Waals surface area (Å²) in [5.41, 5.74) is 1.42. The van der Waals surface area contributed by atoms with Gasteiger partial charge in [0.25, 0.3) is 11.8 Å². The van der Waals surface area contributed by atoms with Crippen molar-refractivity contribution < 1.29 is 28.5 Å². The number of fused-ring (bicyclic) bond motifs is 1. The fourth-order valence-electron chi connectivity index (χ4n) is 5.74. The molecule has 0 aromatic heterocycles. The molecule has 39 heavy (non-hydrogen) atoms. The van der Waals surface area contributed by atoms with E-state index in [0.717, 1.165) is 36.8 Å². The van der Waals surface area contributed by atoms with Crippen LogP contribution in [0, 0.1) is 15.9 Å². The van der Waals surface area contributed by atoms with Crippen molar-refractivity contribution in [3.8, 4) is 0 Å². The summed E-state index contributed by atoms with van der Waals surface area (Å²) in [6.07, 6.45) is 0.187. The Morgan fingerprint density at radius 1 is 0.872 bits per heavy atom. The molecule has 3 saturated heterocycles. The molecule has 4 aliphatic heterocycles. The highest BCUT2D eigenvalue weighted by molar-refractivity contribution is 6.23. The number of halogens is 1. The van der Waals surface area contributed by atoms with Gasteiger partial charge in [-0.25, -0.2) is 0 Å². The predicted octanol–water partition coefficient (Wildman–Crippen LogP) is 1.15. The number of imide groups is 2. The van der Waals surface area contributed by atoms with Gasteiger partial charge in [-0.2, -0.15) is 4.39 Å². The number of nitro groups is 1. The molecule has 0 aliphatic carbocycles. The molecule has 0 saturated carbocycles.